The van der Waals surface area contributed by atoms with Gasteiger partial charge < -0.3 is 14.8 Å². The fourth-order valence-electron chi connectivity index (χ4n) is 2.23. The van der Waals surface area contributed by atoms with Gasteiger partial charge >= 0.3 is 0 Å². The molecule has 4 nitrogen and oxygen atoms in total. The summed E-state index contributed by atoms with van der Waals surface area (Å²) in [6.07, 6.45) is -0.816. The second-order valence-corrected chi connectivity index (χ2v) is 4.13. The lowest BCUT2D eigenvalue weighted by molar-refractivity contribution is -0.113. The quantitative estimate of drug-likeness (QED) is 0.745. The number of aliphatic hydroxyl groups excluding tert-OH is 1. The summed E-state index contributed by atoms with van der Waals surface area (Å²) in [6, 6.07) is 1.85. The zero-order valence-electron chi connectivity index (χ0n) is 9.17. The van der Waals surface area contributed by atoms with Crippen LogP contribution in [-0.2, 0) is 11.2 Å². The van der Waals surface area contributed by atoms with Gasteiger partial charge in [0.1, 0.15) is 0 Å². The largest absolute Gasteiger partial charge is 0.363 e. The molecule has 0 bridgehead atoms. The van der Waals surface area contributed by atoms with E-state index in [-0.39, 0.29) is 17.7 Å². The van der Waals surface area contributed by atoms with Crippen LogP contribution < -0.4 is 5.56 Å². The molecule has 1 atom stereocenters. The Morgan fingerprint density at radius 2 is 1.94 bits per heavy atom. The van der Waals surface area contributed by atoms with Crippen molar-refractivity contribution in [1.82, 2.24) is 4.98 Å². The molecule has 2 heterocycles. The first-order valence-electron chi connectivity index (χ1n) is 5.41. The normalized spacial score (nSPS) is 18.9. The van der Waals surface area contributed by atoms with Crippen molar-refractivity contribution < 1.29 is 18.6 Å². The number of benzene rings is 1. The van der Waals surface area contributed by atoms with Crippen molar-refractivity contribution in [3.05, 3.63) is 45.4 Å². The molecule has 0 fully saturated rings. The van der Waals surface area contributed by atoms with Crippen LogP contribution in [0, 0.1) is 11.6 Å². The molecule has 1 aromatic heterocycles. The summed E-state index contributed by atoms with van der Waals surface area (Å²) in [5, 5.41) is 9.99. The van der Waals surface area contributed by atoms with E-state index in [1.165, 1.54) is 0 Å². The van der Waals surface area contributed by atoms with Crippen molar-refractivity contribution in [2.75, 3.05) is 6.61 Å². The third-order valence-electron chi connectivity index (χ3n) is 3.08. The molecule has 0 saturated heterocycles. The van der Waals surface area contributed by atoms with Crippen molar-refractivity contribution in [3.8, 4) is 0 Å². The third kappa shape index (κ3) is 1.53. The highest BCUT2D eigenvalue weighted by Crippen LogP contribution is 2.28. The van der Waals surface area contributed by atoms with Gasteiger partial charge in [0.2, 0.25) is 0 Å². The molecule has 2 aromatic rings. The van der Waals surface area contributed by atoms with E-state index in [2.05, 4.69) is 4.98 Å². The Bertz CT molecular complexity index is 696. The van der Waals surface area contributed by atoms with Crippen LogP contribution in [0.5, 0.6) is 0 Å². The molecule has 1 unspecified atom stereocenters. The van der Waals surface area contributed by atoms with Crippen molar-refractivity contribution in [2.45, 2.75) is 12.7 Å². The SMILES string of the molecule is O=c1[nH]c2c(c3cc(F)c(F)cc13)CCOC2O. The fourth-order valence-corrected chi connectivity index (χ4v) is 2.23. The molecule has 18 heavy (non-hydrogen) atoms. The molecule has 94 valence electrons. The summed E-state index contributed by atoms with van der Waals surface area (Å²) in [4.78, 5) is 14.2. The van der Waals surface area contributed by atoms with E-state index in [4.69, 9.17) is 4.74 Å². The molecule has 1 aromatic carbocycles. The van der Waals surface area contributed by atoms with E-state index in [1.807, 2.05) is 0 Å². The number of halogens is 2. The summed E-state index contributed by atoms with van der Waals surface area (Å²) in [6.45, 7) is 0.258. The molecule has 0 aliphatic carbocycles. The van der Waals surface area contributed by atoms with Gasteiger partial charge in [-0.05, 0) is 29.5 Å². The Kier molecular flexibility index (Phi) is 2.42. The molecule has 1 aliphatic rings. The minimum Gasteiger partial charge on any atom is -0.363 e. The van der Waals surface area contributed by atoms with Crippen LogP contribution in [0.1, 0.15) is 17.5 Å². The van der Waals surface area contributed by atoms with Gasteiger partial charge in [-0.3, -0.25) is 4.79 Å². The molecule has 0 saturated carbocycles. The maximum Gasteiger partial charge on any atom is 0.256 e. The molecule has 6 heteroatoms. The lowest BCUT2D eigenvalue weighted by Gasteiger charge is -2.22. The summed E-state index contributed by atoms with van der Waals surface area (Å²) in [5.74, 6) is -2.09. The first-order valence-corrected chi connectivity index (χ1v) is 5.41. The van der Waals surface area contributed by atoms with Gasteiger partial charge in [0.05, 0.1) is 17.7 Å². The Hall–Kier alpha value is -1.79. The maximum absolute atomic E-state index is 13.3. The van der Waals surface area contributed by atoms with Gasteiger partial charge in [-0.2, -0.15) is 0 Å². The molecular formula is C12H9F2NO3. The van der Waals surface area contributed by atoms with E-state index in [0.29, 0.717) is 17.4 Å². The Morgan fingerprint density at radius 3 is 2.67 bits per heavy atom. The monoisotopic (exact) mass is 253 g/mol. The van der Waals surface area contributed by atoms with E-state index in [0.717, 1.165) is 12.1 Å². The molecule has 0 spiro atoms. The predicted octanol–water partition coefficient (Wildman–Crippen LogP) is 1.37. The number of rotatable bonds is 0. The number of ether oxygens (including phenoxy) is 1. The van der Waals surface area contributed by atoms with Crippen LogP contribution in [0.15, 0.2) is 16.9 Å². The highest BCUT2D eigenvalue weighted by Gasteiger charge is 2.23. The van der Waals surface area contributed by atoms with Crippen molar-refractivity contribution in [3.63, 3.8) is 0 Å². The van der Waals surface area contributed by atoms with Gasteiger partial charge in [-0.15, -0.1) is 0 Å². The first-order chi connectivity index (χ1) is 8.58. The average molecular weight is 253 g/mol. The average Bonchev–Trinajstić information content (AvgIpc) is 2.33. The minimum absolute atomic E-state index is 0.0711. The highest BCUT2D eigenvalue weighted by molar-refractivity contribution is 5.85. The van der Waals surface area contributed by atoms with Gasteiger partial charge in [0.15, 0.2) is 17.9 Å². The Balaban J connectivity index is 2.44. The van der Waals surface area contributed by atoms with Crippen molar-refractivity contribution in [1.29, 1.82) is 0 Å². The number of aliphatic hydroxyl groups is 1. The smallest absolute Gasteiger partial charge is 0.256 e. The van der Waals surface area contributed by atoms with Crippen LogP contribution in [-0.4, -0.2) is 16.7 Å². The highest BCUT2D eigenvalue weighted by atomic mass is 19.2. The van der Waals surface area contributed by atoms with Gasteiger partial charge in [-0.25, -0.2) is 8.78 Å². The lowest BCUT2D eigenvalue weighted by atomic mass is 9.99. The lowest BCUT2D eigenvalue weighted by Crippen LogP contribution is -2.23. The van der Waals surface area contributed by atoms with Gasteiger partial charge in [-0.1, -0.05) is 0 Å². The van der Waals surface area contributed by atoms with E-state index in [1.54, 1.807) is 0 Å². The van der Waals surface area contributed by atoms with Crippen molar-refractivity contribution in [2.24, 2.45) is 0 Å². The summed E-state index contributed by atoms with van der Waals surface area (Å²) in [7, 11) is 0. The number of aromatic amines is 1. The van der Waals surface area contributed by atoms with Gasteiger partial charge in [0.25, 0.3) is 5.56 Å². The second kappa shape index (κ2) is 3.86. The number of hydrogen-bond acceptors (Lipinski definition) is 3. The number of fused-ring (bicyclic) bond motifs is 3. The minimum atomic E-state index is -1.24. The van der Waals surface area contributed by atoms with Crippen LogP contribution >= 0.6 is 0 Å². The van der Waals surface area contributed by atoms with E-state index < -0.39 is 23.5 Å². The van der Waals surface area contributed by atoms with Gasteiger partial charge in [0, 0.05) is 0 Å². The number of aromatic nitrogens is 1. The summed E-state index contributed by atoms with van der Waals surface area (Å²) in [5.41, 5.74) is 0.221. The van der Waals surface area contributed by atoms with Crippen LogP contribution in [0.4, 0.5) is 8.78 Å². The molecule has 3 rings (SSSR count). The molecule has 1 aliphatic heterocycles. The topological polar surface area (TPSA) is 62.3 Å². The van der Waals surface area contributed by atoms with E-state index in [9.17, 15) is 18.7 Å². The molecule has 0 radical (unpaired) electrons. The number of H-pyrrole nitrogens is 1. The zero-order chi connectivity index (χ0) is 12.9. The Labute approximate surface area is 99.8 Å². The fraction of sp³-hybridized carbons (Fsp3) is 0.250. The van der Waals surface area contributed by atoms with Crippen LogP contribution in [0.25, 0.3) is 10.8 Å². The number of hydrogen-bond donors (Lipinski definition) is 2. The maximum atomic E-state index is 13.3. The van der Waals surface area contributed by atoms with Crippen LogP contribution in [0.2, 0.25) is 0 Å². The zero-order valence-corrected chi connectivity index (χ0v) is 9.17. The summed E-state index contributed by atoms with van der Waals surface area (Å²) < 4.78 is 31.4. The second-order valence-electron chi connectivity index (χ2n) is 4.13. The molecular weight excluding hydrogens is 244 g/mol. The predicted molar refractivity (Wildman–Crippen MR) is 59.1 cm³/mol. The number of nitrogens with one attached hydrogen (secondary N) is 1. The first kappa shape index (κ1) is 11.3. The summed E-state index contributed by atoms with van der Waals surface area (Å²) >= 11 is 0. The number of pyridine rings is 1. The van der Waals surface area contributed by atoms with E-state index >= 15 is 0 Å². The molecule has 0 amide bonds. The Morgan fingerprint density at radius 1 is 1.28 bits per heavy atom. The molecule has 2 N–H and O–H groups in total. The van der Waals surface area contributed by atoms with Crippen molar-refractivity contribution >= 4 is 10.8 Å². The third-order valence-corrected chi connectivity index (χ3v) is 3.08. The van der Waals surface area contributed by atoms with Crippen LogP contribution in [0.3, 0.4) is 0 Å². The standard InChI is InChI=1S/C12H9F2NO3/c13-8-3-6-5-1-2-18-12(17)10(5)15-11(16)7(6)4-9(8)14/h3-4,12,17H,1-2H2,(H,15,16).